The van der Waals surface area contributed by atoms with Crippen molar-refractivity contribution in [2.75, 3.05) is 24.7 Å². The van der Waals surface area contributed by atoms with Gasteiger partial charge < -0.3 is 14.2 Å². The molecule has 0 unspecified atom stereocenters. The fourth-order valence-corrected chi connectivity index (χ4v) is 5.32. The monoisotopic (exact) mass is 569 g/mol. The second-order valence-corrected chi connectivity index (χ2v) is 11.6. The summed E-state index contributed by atoms with van der Waals surface area (Å²) in [5.74, 6) is 0.0215. The number of anilines is 1. The number of aromatic nitrogens is 1. The predicted octanol–water partition coefficient (Wildman–Crippen LogP) is 6.47. The number of nitrogens with zero attached hydrogens (tertiary/aromatic N) is 2. The molecule has 3 aromatic heterocycles. The van der Waals surface area contributed by atoms with Crippen molar-refractivity contribution in [2.24, 2.45) is 0 Å². The number of nitrogens with one attached hydrogen (secondary N) is 1. The van der Waals surface area contributed by atoms with Crippen LogP contribution in [0.1, 0.15) is 10.4 Å². The second-order valence-electron chi connectivity index (χ2n) is 9.58. The van der Waals surface area contributed by atoms with Gasteiger partial charge in [-0.1, -0.05) is 18.2 Å². The average molecular weight is 570 g/mol. The SMILES string of the molecule is CNC(=O)c1c(-c2ccc(F)cc2)oc2cc(N(C)S(C)(=O)=O)c(-c3cccc(-c4cc5cccnc5o4)c3)cc12. The van der Waals surface area contributed by atoms with Crippen LogP contribution in [-0.2, 0) is 10.0 Å². The fraction of sp³-hybridized carbons (Fsp3) is 0.0968. The first-order valence-electron chi connectivity index (χ1n) is 12.6. The number of rotatable bonds is 6. The van der Waals surface area contributed by atoms with Crippen LogP contribution in [0, 0.1) is 5.82 Å². The third-order valence-electron chi connectivity index (χ3n) is 6.96. The highest BCUT2D eigenvalue weighted by atomic mass is 32.2. The van der Waals surface area contributed by atoms with E-state index in [1.165, 1.54) is 42.7 Å². The Morgan fingerprint density at radius 1 is 0.927 bits per heavy atom. The molecule has 0 atom stereocenters. The van der Waals surface area contributed by atoms with Crippen molar-refractivity contribution in [3.63, 3.8) is 0 Å². The van der Waals surface area contributed by atoms with Crippen molar-refractivity contribution in [2.45, 2.75) is 0 Å². The highest BCUT2D eigenvalue weighted by molar-refractivity contribution is 7.92. The normalized spacial score (nSPS) is 11.7. The first-order valence-corrected chi connectivity index (χ1v) is 14.5. The van der Waals surface area contributed by atoms with Gasteiger partial charge in [0.2, 0.25) is 15.7 Å². The number of amides is 1. The van der Waals surface area contributed by atoms with Crippen molar-refractivity contribution in [1.82, 2.24) is 10.3 Å². The largest absolute Gasteiger partial charge is 0.455 e. The quantitative estimate of drug-likeness (QED) is 0.247. The van der Waals surface area contributed by atoms with E-state index >= 15 is 0 Å². The van der Waals surface area contributed by atoms with Crippen LogP contribution in [0.25, 0.3) is 55.8 Å². The molecule has 0 spiro atoms. The molecule has 0 aliphatic carbocycles. The molecule has 0 aliphatic heterocycles. The molecule has 6 aromatic rings. The molecule has 6 rings (SSSR count). The van der Waals surface area contributed by atoms with Crippen molar-refractivity contribution >= 4 is 43.7 Å². The number of halogens is 1. The fourth-order valence-electron chi connectivity index (χ4n) is 4.81. The molecule has 1 N–H and O–H groups in total. The molecule has 0 radical (unpaired) electrons. The molecule has 3 aromatic carbocycles. The van der Waals surface area contributed by atoms with Gasteiger partial charge in [-0.25, -0.2) is 17.8 Å². The average Bonchev–Trinajstić information content (AvgIpc) is 3.57. The standard InChI is InChI=1S/C31H24FN3O5S/c1-33-30(36)28-24-16-23(19-6-4-7-20(14-19)26-15-21-8-5-13-34-31(21)40-26)25(35(2)41(3,37)38)17-27(24)39-29(28)18-9-11-22(32)12-10-18/h4-17H,1-3H3,(H,33,36). The van der Waals surface area contributed by atoms with Crippen molar-refractivity contribution in [1.29, 1.82) is 0 Å². The van der Waals surface area contributed by atoms with E-state index in [9.17, 15) is 17.6 Å². The minimum atomic E-state index is -3.67. The van der Waals surface area contributed by atoms with Gasteiger partial charge in [-0.15, -0.1) is 0 Å². The van der Waals surface area contributed by atoms with E-state index < -0.39 is 21.7 Å². The summed E-state index contributed by atoms with van der Waals surface area (Å²) < 4.78 is 52.3. The molecular weight excluding hydrogens is 545 g/mol. The van der Waals surface area contributed by atoms with E-state index in [4.69, 9.17) is 8.83 Å². The lowest BCUT2D eigenvalue weighted by molar-refractivity contribution is 0.0964. The van der Waals surface area contributed by atoms with Gasteiger partial charge in [-0.2, -0.15) is 0 Å². The van der Waals surface area contributed by atoms with Gasteiger partial charge in [0, 0.05) is 53.8 Å². The predicted molar refractivity (Wildman–Crippen MR) is 157 cm³/mol. The third kappa shape index (κ3) is 4.72. The number of pyridine rings is 1. The molecule has 0 saturated carbocycles. The molecular formula is C31H24FN3O5S. The van der Waals surface area contributed by atoms with Gasteiger partial charge in [0.15, 0.2) is 0 Å². The summed E-state index contributed by atoms with van der Waals surface area (Å²) in [6.07, 6.45) is 2.77. The molecule has 41 heavy (non-hydrogen) atoms. The van der Waals surface area contributed by atoms with Crippen LogP contribution in [-0.4, -0.2) is 39.7 Å². The molecule has 1 amide bonds. The molecule has 0 aliphatic rings. The summed E-state index contributed by atoms with van der Waals surface area (Å²) in [6, 6.07) is 22.1. The Bertz CT molecular complexity index is 2030. The van der Waals surface area contributed by atoms with Crippen LogP contribution in [0.2, 0.25) is 0 Å². The van der Waals surface area contributed by atoms with Gasteiger partial charge in [0.05, 0.1) is 17.5 Å². The Labute approximate surface area is 235 Å². The van der Waals surface area contributed by atoms with Gasteiger partial charge in [0.25, 0.3) is 5.91 Å². The van der Waals surface area contributed by atoms with E-state index in [-0.39, 0.29) is 11.3 Å². The van der Waals surface area contributed by atoms with E-state index in [1.54, 1.807) is 18.3 Å². The zero-order valence-corrected chi connectivity index (χ0v) is 23.1. The number of carbonyl (C=O) groups is 1. The molecule has 10 heteroatoms. The zero-order valence-electron chi connectivity index (χ0n) is 22.3. The molecule has 0 saturated heterocycles. The van der Waals surface area contributed by atoms with Gasteiger partial charge in [0.1, 0.15) is 22.9 Å². The molecule has 8 nitrogen and oxygen atoms in total. The molecule has 206 valence electrons. The van der Waals surface area contributed by atoms with E-state index in [2.05, 4.69) is 10.3 Å². The minimum absolute atomic E-state index is 0.244. The maximum atomic E-state index is 13.7. The van der Waals surface area contributed by atoms with E-state index in [0.717, 1.165) is 17.2 Å². The Hall–Kier alpha value is -4.96. The Balaban J connectivity index is 1.61. The lowest BCUT2D eigenvalue weighted by Gasteiger charge is -2.21. The number of fused-ring (bicyclic) bond motifs is 2. The van der Waals surface area contributed by atoms with Crippen LogP contribution in [0.15, 0.2) is 93.9 Å². The highest BCUT2D eigenvalue weighted by Crippen LogP contribution is 2.42. The van der Waals surface area contributed by atoms with Crippen molar-refractivity contribution < 1.29 is 26.4 Å². The summed E-state index contributed by atoms with van der Waals surface area (Å²) in [4.78, 5) is 17.4. The summed E-state index contributed by atoms with van der Waals surface area (Å²) in [5, 5.41) is 3.98. The summed E-state index contributed by atoms with van der Waals surface area (Å²) in [7, 11) is -0.707. The first-order chi connectivity index (χ1) is 19.6. The summed E-state index contributed by atoms with van der Waals surface area (Å²) in [5.41, 5.74) is 3.93. The highest BCUT2D eigenvalue weighted by Gasteiger charge is 2.26. The van der Waals surface area contributed by atoms with E-state index in [1.807, 2.05) is 42.5 Å². The Kier molecular flexibility index (Phi) is 6.34. The second kappa shape index (κ2) is 9.90. The number of hydrogen-bond acceptors (Lipinski definition) is 6. The number of sulfonamides is 1. The molecule has 0 fully saturated rings. The third-order valence-corrected chi connectivity index (χ3v) is 8.15. The number of hydrogen-bond donors (Lipinski definition) is 1. The smallest absolute Gasteiger partial charge is 0.255 e. The van der Waals surface area contributed by atoms with Crippen molar-refractivity contribution in [3.8, 4) is 33.8 Å². The van der Waals surface area contributed by atoms with Crippen LogP contribution >= 0.6 is 0 Å². The lowest BCUT2D eigenvalue weighted by Crippen LogP contribution is -2.25. The van der Waals surface area contributed by atoms with Crippen LogP contribution in [0.5, 0.6) is 0 Å². The van der Waals surface area contributed by atoms with Crippen LogP contribution < -0.4 is 9.62 Å². The Morgan fingerprint density at radius 3 is 2.39 bits per heavy atom. The van der Waals surface area contributed by atoms with Gasteiger partial charge in [-0.3, -0.25) is 9.10 Å². The maximum absolute atomic E-state index is 13.7. The Morgan fingerprint density at radius 2 is 1.68 bits per heavy atom. The van der Waals surface area contributed by atoms with Gasteiger partial charge in [-0.05, 0) is 60.2 Å². The molecule has 0 bridgehead atoms. The summed E-state index contributed by atoms with van der Waals surface area (Å²) >= 11 is 0. The first kappa shape index (κ1) is 26.3. The molecule has 3 heterocycles. The number of furan rings is 2. The zero-order chi connectivity index (χ0) is 28.9. The maximum Gasteiger partial charge on any atom is 0.255 e. The van der Waals surface area contributed by atoms with E-state index in [0.29, 0.717) is 44.8 Å². The minimum Gasteiger partial charge on any atom is -0.455 e. The summed E-state index contributed by atoms with van der Waals surface area (Å²) in [6.45, 7) is 0. The number of carbonyl (C=O) groups excluding carboxylic acids is 1. The van der Waals surface area contributed by atoms with Crippen LogP contribution in [0.4, 0.5) is 10.1 Å². The topological polar surface area (TPSA) is 106 Å². The van der Waals surface area contributed by atoms with Crippen LogP contribution in [0.3, 0.4) is 0 Å². The van der Waals surface area contributed by atoms with Gasteiger partial charge >= 0.3 is 0 Å². The number of benzene rings is 3. The lowest BCUT2D eigenvalue weighted by atomic mass is 9.97. The van der Waals surface area contributed by atoms with Crippen molar-refractivity contribution in [3.05, 3.63) is 96.4 Å².